The van der Waals surface area contributed by atoms with Crippen molar-refractivity contribution in [2.24, 2.45) is 0 Å². The van der Waals surface area contributed by atoms with Crippen LogP contribution >= 0.6 is 0 Å². The first kappa shape index (κ1) is 21.9. The Kier molecular flexibility index (Phi) is 5.42. The molecule has 0 spiro atoms. The van der Waals surface area contributed by atoms with Gasteiger partial charge in [-0.3, -0.25) is 15.2 Å². The summed E-state index contributed by atoms with van der Waals surface area (Å²) in [6.45, 7) is 1.56. The number of anilines is 1. The predicted molar refractivity (Wildman–Crippen MR) is 139 cm³/mol. The van der Waals surface area contributed by atoms with Crippen LogP contribution < -0.4 is 5.32 Å². The maximum atomic E-state index is 14.6. The van der Waals surface area contributed by atoms with Crippen LogP contribution in [0.5, 0.6) is 0 Å². The van der Waals surface area contributed by atoms with Crippen molar-refractivity contribution in [2.45, 2.75) is 0 Å². The van der Waals surface area contributed by atoms with Gasteiger partial charge in [-0.1, -0.05) is 12.1 Å². The number of fused-ring (bicyclic) bond motifs is 2. The molecule has 0 aliphatic rings. The number of hydrogen-bond acceptors (Lipinski definition) is 6. The van der Waals surface area contributed by atoms with Gasteiger partial charge in [0, 0.05) is 41.5 Å². The molecule has 0 fully saturated rings. The Balaban J connectivity index is 1.41. The molecule has 36 heavy (non-hydrogen) atoms. The zero-order valence-corrected chi connectivity index (χ0v) is 19.8. The Bertz CT molecular complexity index is 1660. The highest BCUT2D eigenvalue weighted by molar-refractivity contribution is 5.98. The molecule has 0 aliphatic heterocycles. The summed E-state index contributed by atoms with van der Waals surface area (Å²) in [6, 6.07) is 12.8. The summed E-state index contributed by atoms with van der Waals surface area (Å²) in [6.07, 6.45) is 5.27. The van der Waals surface area contributed by atoms with Crippen molar-refractivity contribution in [3.63, 3.8) is 0 Å². The number of pyridine rings is 1. The Morgan fingerprint density at radius 1 is 1.03 bits per heavy atom. The second-order valence-corrected chi connectivity index (χ2v) is 8.92. The summed E-state index contributed by atoms with van der Waals surface area (Å²) >= 11 is 0. The molecule has 10 heteroatoms. The van der Waals surface area contributed by atoms with Crippen LogP contribution in [-0.4, -0.2) is 67.4 Å². The number of nitrogens with zero attached hydrogens (tertiary/aromatic N) is 5. The number of hydrogen-bond donors (Lipinski definition) is 4. The first-order valence-corrected chi connectivity index (χ1v) is 11.6. The Morgan fingerprint density at radius 3 is 2.78 bits per heavy atom. The normalized spacial score (nSPS) is 11.7. The van der Waals surface area contributed by atoms with Crippen LogP contribution in [0.25, 0.3) is 55.8 Å². The summed E-state index contributed by atoms with van der Waals surface area (Å²) in [5, 5.41) is 18.6. The third-order valence-corrected chi connectivity index (χ3v) is 6.08. The lowest BCUT2D eigenvalue weighted by molar-refractivity contribution is 0.425. The smallest absolute Gasteiger partial charge is 0.159 e. The first-order chi connectivity index (χ1) is 17.5. The molecule has 2 aromatic carbocycles. The van der Waals surface area contributed by atoms with E-state index in [0.717, 1.165) is 56.6 Å². The van der Waals surface area contributed by atoms with Gasteiger partial charge in [0.1, 0.15) is 11.5 Å². The summed E-state index contributed by atoms with van der Waals surface area (Å²) in [4.78, 5) is 14.8. The molecule has 0 bridgehead atoms. The number of rotatable bonds is 7. The zero-order valence-electron chi connectivity index (χ0n) is 19.8. The molecule has 0 saturated heterocycles. The van der Waals surface area contributed by atoms with Gasteiger partial charge in [0.2, 0.25) is 0 Å². The lowest BCUT2D eigenvalue weighted by Crippen LogP contribution is -2.20. The van der Waals surface area contributed by atoms with Gasteiger partial charge in [-0.25, -0.2) is 9.37 Å². The minimum Gasteiger partial charge on any atom is -0.384 e. The molecule has 0 aliphatic carbocycles. The topological polar surface area (TPSA) is 114 Å². The number of nitrogens with one attached hydrogen (secondary N) is 4. The monoisotopic (exact) mass is 481 g/mol. The van der Waals surface area contributed by atoms with Crippen molar-refractivity contribution in [1.82, 2.24) is 40.2 Å². The van der Waals surface area contributed by atoms with Crippen molar-refractivity contribution in [1.29, 1.82) is 0 Å². The molecule has 0 atom stereocenters. The molecule has 4 aromatic heterocycles. The molecule has 4 heterocycles. The minimum absolute atomic E-state index is 0.301. The van der Waals surface area contributed by atoms with Crippen LogP contribution in [0, 0.1) is 5.82 Å². The van der Waals surface area contributed by atoms with Crippen LogP contribution in [-0.2, 0) is 0 Å². The highest BCUT2D eigenvalue weighted by atomic mass is 19.1. The molecule has 6 rings (SSSR count). The van der Waals surface area contributed by atoms with E-state index in [9.17, 15) is 4.39 Å². The SMILES string of the molecule is CN(C)CCNc1cc(F)cc(-c2cccc3[nH]c(-c4n[nH]c5cnc(-c6cn[nH]c6)cc45)nc23)c1. The van der Waals surface area contributed by atoms with Crippen molar-refractivity contribution >= 4 is 27.6 Å². The standard InChI is InChI=1S/C26H24FN9/c1-36(2)7-6-28-18-9-15(8-17(27)10-18)19-4-3-5-21-24(19)33-26(32-21)25-20-11-22(16-12-30-31-13-16)29-14-23(20)34-35-25/h3-5,8-14,28H,6-7H2,1-2H3,(H,30,31)(H,32,33)(H,34,35). The predicted octanol–water partition coefficient (Wildman–Crippen LogP) is 4.67. The van der Waals surface area contributed by atoms with E-state index in [2.05, 4.69) is 40.6 Å². The lowest BCUT2D eigenvalue weighted by Gasteiger charge is -2.13. The zero-order chi connectivity index (χ0) is 24.6. The van der Waals surface area contributed by atoms with Crippen molar-refractivity contribution < 1.29 is 4.39 Å². The number of benzene rings is 2. The molecule has 180 valence electrons. The maximum Gasteiger partial charge on any atom is 0.159 e. The van der Waals surface area contributed by atoms with E-state index in [1.807, 2.05) is 44.4 Å². The summed E-state index contributed by atoms with van der Waals surface area (Å²) in [5.74, 6) is 0.318. The van der Waals surface area contributed by atoms with Crippen molar-refractivity contribution in [3.8, 4) is 33.9 Å². The lowest BCUT2D eigenvalue weighted by atomic mass is 10.0. The van der Waals surface area contributed by atoms with E-state index in [-0.39, 0.29) is 5.82 Å². The Labute approximate surface area is 205 Å². The maximum absolute atomic E-state index is 14.6. The van der Waals surface area contributed by atoms with Gasteiger partial charge in [-0.2, -0.15) is 10.2 Å². The molecule has 9 nitrogen and oxygen atoms in total. The Hall–Kier alpha value is -4.57. The van der Waals surface area contributed by atoms with E-state index in [1.165, 1.54) is 12.1 Å². The fourth-order valence-electron chi connectivity index (χ4n) is 4.29. The quantitative estimate of drug-likeness (QED) is 0.263. The van der Waals surface area contributed by atoms with E-state index in [0.29, 0.717) is 18.1 Å². The summed E-state index contributed by atoms with van der Waals surface area (Å²) in [7, 11) is 4.01. The average Bonchev–Trinajstić information content (AvgIpc) is 3.62. The van der Waals surface area contributed by atoms with Gasteiger partial charge >= 0.3 is 0 Å². The fourth-order valence-corrected chi connectivity index (χ4v) is 4.29. The minimum atomic E-state index is -0.301. The van der Waals surface area contributed by atoms with Crippen LogP contribution in [0.15, 0.2) is 61.1 Å². The molecular formula is C26H24FN9. The van der Waals surface area contributed by atoms with Crippen LogP contribution in [0.4, 0.5) is 10.1 Å². The largest absolute Gasteiger partial charge is 0.384 e. The number of aromatic nitrogens is 7. The van der Waals surface area contributed by atoms with Crippen molar-refractivity contribution in [3.05, 3.63) is 66.9 Å². The number of H-pyrrole nitrogens is 3. The third-order valence-electron chi connectivity index (χ3n) is 6.08. The van der Waals surface area contributed by atoms with E-state index in [1.54, 1.807) is 18.6 Å². The van der Waals surface area contributed by atoms with Crippen LogP contribution in [0.1, 0.15) is 0 Å². The van der Waals surface area contributed by atoms with Gasteiger partial charge in [-0.05, 0) is 50.0 Å². The van der Waals surface area contributed by atoms with Gasteiger partial charge in [0.05, 0.1) is 34.6 Å². The fraction of sp³-hybridized carbons (Fsp3) is 0.154. The van der Waals surface area contributed by atoms with E-state index in [4.69, 9.17) is 4.98 Å². The number of para-hydroxylation sites is 1. The van der Waals surface area contributed by atoms with Gasteiger partial charge in [-0.15, -0.1) is 0 Å². The second-order valence-electron chi connectivity index (χ2n) is 8.92. The van der Waals surface area contributed by atoms with Crippen LogP contribution in [0.3, 0.4) is 0 Å². The highest BCUT2D eigenvalue weighted by Crippen LogP contribution is 2.33. The third kappa shape index (κ3) is 4.07. The number of imidazole rings is 1. The van der Waals surface area contributed by atoms with Crippen molar-refractivity contribution in [2.75, 3.05) is 32.5 Å². The molecule has 6 aromatic rings. The first-order valence-electron chi connectivity index (χ1n) is 11.6. The van der Waals surface area contributed by atoms with E-state index < -0.39 is 0 Å². The Morgan fingerprint density at radius 2 is 1.94 bits per heavy atom. The second kappa shape index (κ2) is 8.90. The average molecular weight is 482 g/mol. The molecule has 0 unspecified atom stereocenters. The molecule has 0 amide bonds. The number of halogens is 1. The number of aromatic amines is 3. The van der Waals surface area contributed by atoms with Gasteiger partial charge < -0.3 is 15.2 Å². The molecule has 4 N–H and O–H groups in total. The van der Waals surface area contributed by atoms with E-state index >= 15 is 0 Å². The number of likely N-dealkylation sites (N-methyl/N-ethyl adjacent to an activating group) is 1. The summed E-state index contributed by atoms with van der Waals surface area (Å²) < 4.78 is 14.6. The van der Waals surface area contributed by atoms with Gasteiger partial charge in [0.15, 0.2) is 5.82 Å². The van der Waals surface area contributed by atoms with Gasteiger partial charge in [0.25, 0.3) is 0 Å². The summed E-state index contributed by atoms with van der Waals surface area (Å²) in [5.41, 5.74) is 7.07. The highest BCUT2D eigenvalue weighted by Gasteiger charge is 2.17. The van der Waals surface area contributed by atoms with Crippen LogP contribution in [0.2, 0.25) is 0 Å². The molecular weight excluding hydrogens is 457 g/mol. The molecule has 0 radical (unpaired) electrons. The molecule has 0 saturated carbocycles.